The largest absolute Gasteiger partial charge is 0.387 e. The number of hydrogen-bond donors (Lipinski definition) is 2. The lowest BCUT2D eigenvalue weighted by atomic mass is 9.98. The fourth-order valence-electron chi connectivity index (χ4n) is 4.93. The van der Waals surface area contributed by atoms with Crippen LogP contribution in [0.15, 0.2) is 41.5 Å². The van der Waals surface area contributed by atoms with Crippen molar-refractivity contribution < 1.29 is 0 Å². The van der Waals surface area contributed by atoms with Gasteiger partial charge >= 0.3 is 0 Å². The molecule has 0 bridgehead atoms. The number of aromatic nitrogens is 3. The van der Waals surface area contributed by atoms with E-state index in [1.807, 2.05) is 18.3 Å². The van der Waals surface area contributed by atoms with Gasteiger partial charge < -0.3 is 16.0 Å². The standard InChI is InChI=1S/C24H28N8/c1-24(2)14-31(8-7-27-24)17-12-32(13-17)22-11-26-19-6-5-18(29-23(19)30-22)15-3-4-16-10-21(25)28-20(16)9-15/h3-6,9,11,17,27H,7-8,10,12-14H2,1-2H3,(H2,25,28). The van der Waals surface area contributed by atoms with Gasteiger partial charge in [-0.1, -0.05) is 12.1 Å². The van der Waals surface area contributed by atoms with Crippen molar-refractivity contribution in [3.05, 3.63) is 42.1 Å². The predicted molar refractivity (Wildman–Crippen MR) is 127 cm³/mol. The fraction of sp³-hybridized carbons (Fsp3) is 0.417. The molecule has 2 saturated heterocycles. The first-order valence-electron chi connectivity index (χ1n) is 11.3. The van der Waals surface area contributed by atoms with Crippen LogP contribution in [-0.4, -0.2) is 70.0 Å². The number of nitrogens with zero attached hydrogens (tertiary/aromatic N) is 6. The summed E-state index contributed by atoms with van der Waals surface area (Å²) < 4.78 is 0. The van der Waals surface area contributed by atoms with Crippen LogP contribution in [0, 0.1) is 0 Å². The maximum Gasteiger partial charge on any atom is 0.180 e. The highest BCUT2D eigenvalue weighted by Crippen LogP contribution is 2.31. The van der Waals surface area contributed by atoms with Gasteiger partial charge in [0.2, 0.25) is 0 Å². The molecular weight excluding hydrogens is 400 g/mol. The summed E-state index contributed by atoms with van der Waals surface area (Å²) >= 11 is 0. The molecule has 0 unspecified atom stereocenters. The highest BCUT2D eigenvalue weighted by Gasteiger charge is 2.37. The molecule has 0 atom stereocenters. The summed E-state index contributed by atoms with van der Waals surface area (Å²) in [7, 11) is 0. The van der Waals surface area contributed by atoms with E-state index in [0.29, 0.717) is 17.5 Å². The molecule has 2 fully saturated rings. The number of nitrogens with one attached hydrogen (secondary N) is 1. The number of benzene rings is 1. The Morgan fingerprint density at radius 1 is 1.12 bits per heavy atom. The van der Waals surface area contributed by atoms with Crippen molar-refractivity contribution in [1.82, 2.24) is 25.2 Å². The summed E-state index contributed by atoms with van der Waals surface area (Å²) in [6.45, 7) is 9.75. The first kappa shape index (κ1) is 19.6. The zero-order chi connectivity index (χ0) is 21.9. The van der Waals surface area contributed by atoms with Crippen LogP contribution in [0.25, 0.3) is 22.4 Å². The maximum atomic E-state index is 5.89. The number of aliphatic imine (C=N–C) groups is 1. The molecule has 0 amide bonds. The highest BCUT2D eigenvalue weighted by molar-refractivity contribution is 5.92. The molecule has 0 radical (unpaired) electrons. The molecule has 1 aromatic carbocycles. The Morgan fingerprint density at radius 2 is 2.00 bits per heavy atom. The molecule has 164 valence electrons. The highest BCUT2D eigenvalue weighted by atomic mass is 15.4. The molecule has 6 rings (SSSR count). The molecule has 5 heterocycles. The van der Waals surface area contributed by atoms with Crippen LogP contribution in [0.3, 0.4) is 0 Å². The first-order chi connectivity index (χ1) is 15.4. The van der Waals surface area contributed by atoms with Crippen LogP contribution in [0.5, 0.6) is 0 Å². The maximum absolute atomic E-state index is 5.89. The van der Waals surface area contributed by atoms with Crippen LogP contribution in [-0.2, 0) is 6.42 Å². The zero-order valence-electron chi connectivity index (χ0n) is 18.5. The van der Waals surface area contributed by atoms with Gasteiger partial charge in [0.05, 0.1) is 17.6 Å². The molecule has 8 nitrogen and oxygen atoms in total. The number of piperazine rings is 1. The topological polar surface area (TPSA) is 95.6 Å². The lowest BCUT2D eigenvalue weighted by molar-refractivity contribution is 0.0928. The van der Waals surface area contributed by atoms with E-state index < -0.39 is 0 Å². The predicted octanol–water partition coefficient (Wildman–Crippen LogP) is 2.11. The minimum Gasteiger partial charge on any atom is -0.387 e. The van der Waals surface area contributed by atoms with Crippen LogP contribution in [0.4, 0.5) is 11.5 Å². The number of hydrogen-bond acceptors (Lipinski definition) is 8. The van der Waals surface area contributed by atoms with E-state index >= 15 is 0 Å². The third kappa shape index (κ3) is 3.49. The van der Waals surface area contributed by atoms with Gasteiger partial charge in [0.25, 0.3) is 0 Å². The minimum atomic E-state index is 0.177. The lowest BCUT2D eigenvalue weighted by Crippen LogP contribution is -2.67. The molecule has 0 spiro atoms. The Bertz CT molecular complexity index is 1230. The zero-order valence-corrected chi connectivity index (χ0v) is 18.5. The molecule has 2 aromatic heterocycles. The monoisotopic (exact) mass is 428 g/mol. The van der Waals surface area contributed by atoms with Crippen LogP contribution >= 0.6 is 0 Å². The van der Waals surface area contributed by atoms with Crippen molar-refractivity contribution in [1.29, 1.82) is 0 Å². The van der Waals surface area contributed by atoms with Crippen LogP contribution in [0.2, 0.25) is 0 Å². The third-order valence-corrected chi connectivity index (χ3v) is 6.71. The Labute approximate surface area is 187 Å². The number of rotatable bonds is 3. The molecule has 0 saturated carbocycles. The van der Waals surface area contributed by atoms with Crippen molar-refractivity contribution in [2.75, 3.05) is 37.6 Å². The van der Waals surface area contributed by atoms with E-state index in [9.17, 15) is 0 Å². The average molecular weight is 429 g/mol. The normalized spacial score (nSPS) is 20.8. The molecule has 3 N–H and O–H groups in total. The van der Waals surface area contributed by atoms with E-state index in [2.05, 4.69) is 57.1 Å². The molecule has 8 heteroatoms. The second kappa shape index (κ2) is 7.21. The van der Waals surface area contributed by atoms with Gasteiger partial charge in [0.1, 0.15) is 17.2 Å². The number of fused-ring (bicyclic) bond motifs is 2. The van der Waals surface area contributed by atoms with E-state index in [1.54, 1.807) is 0 Å². The fourth-order valence-corrected chi connectivity index (χ4v) is 4.93. The van der Waals surface area contributed by atoms with E-state index in [1.165, 1.54) is 0 Å². The summed E-state index contributed by atoms with van der Waals surface area (Å²) in [6, 6.07) is 10.8. The molecule has 32 heavy (non-hydrogen) atoms. The SMILES string of the molecule is CC1(C)CN(C2CN(c3cnc4ccc(-c5ccc6c(c5)N=C(N)C6)nc4n3)C2)CCN1. The molecular formula is C24H28N8. The average Bonchev–Trinajstić information content (AvgIpc) is 3.10. The first-order valence-corrected chi connectivity index (χ1v) is 11.3. The number of amidine groups is 1. The summed E-state index contributed by atoms with van der Waals surface area (Å²) in [5.41, 5.74) is 11.5. The van der Waals surface area contributed by atoms with Gasteiger partial charge in [0.15, 0.2) is 5.65 Å². The van der Waals surface area contributed by atoms with Gasteiger partial charge in [-0.3, -0.25) is 4.90 Å². The van der Waals surface area contributed by atoms with Crippen LogP contribution < -0.4 is 16.0 Å². The summed E-state index contributed by atoms with van der Waals surface area (Å²) in [5, 5.41) is 3.59. The van der Waals surface area contributed by atoms with Gasteiger partial charge in [-0.15, -0.1) is 0 Å². The van der Waals surface area contributed by atoms with Crippen molar-refractivity contribution >= 4 is 28.5 Å². The van der Waals surface area contributed by atoms with Crippen molar-refractivity contribution in [2.45, 2.75) is 31.8 Å². The molecule has 0 aliphatic carbocycles. The Hall–Kier alpha value is -3.10. The molecule has 3 aliphatic heterocycles. The Morgan fingerprint density at radius 3 is 2.84 bits per heavy atom. The second-order valence-electron chi connectivity index (χ2n) is 9.73. The lowest BCUT2D eigenvalue weighted by Gasteiger charge is -2.50. The summed E-state index contributed by atoms with van der Waals surface area (Å²) in [6.07, 6.45) is 2.59. The number of anilines is 1. The van der Waals surface area contributed by atoms with E-state index in [-0.39, 0.29) is 5.54 Å². The Kier molecular flexibility index (Phi) is 4.41. The summed E-state index contributed by atoms with van der Waals surface area (Å²) in [5.74, 6) is 1.57. The van der Waals surface area contributed by atoms with Crippen molar-refractivity contribution in [2.24, 2.45) is 10.7 Å². The van der Waals surface area contributed by atoms with Crippen molar-refractivity contribution in [3.8, 4) is 11.3 Å². The van der Waals surface area contributed by atoms with Gasteiger partial charge in [-0.2, -0.15) is 0 Å². The number of nitrogens with two attached hydrogens (primary N) is 1. The van der Waals surface area contributed by atoms with Crippen molar-refractivity contribution in [3.63, 3.8) is 0 Å². The smallest absolute Gasteiger partial charge is 0.180 e. The van der Waals surface area contributed by atoms with Gasteiger partial charge in [-0.05, 0) is 37.6 Å². The quantitative estimate of drug-likeness (QED) is 0.660. The number of pyridine rings is 1. The summed E-state index contributed by atoms with van der Waals surface area (Å²) in [4.78, 5) is 23.6. The molecule has 3 aliphatic rings. The molecule has 3 aromatic rings. The van der Waals surface area contributed by atoms with Gasteiger partial charge in [0, 0.05) is 56.3 Å². The van der Waals surface area contributed by atoms with Gasteiger partial charge in [-0.25, -0.2) is 19.9 Å². The third-order valence-electron chi connectivity index (χ3n) is 6.71. The minimum absolute atomic E-state index is 0.177. The van der Waals surface area contributed by atoms with E-state index in [0.717, 1.165) is 73.0 Å². The van der Waals surface area contributed by atoms with E-state index in [4.69, 9.17) is 15.7 Å². The second-order valence-corrected chi connectivity index (χ2v) is 9.73. The Balaban J connectivity index is 1.22. The van der Waals surface area contributed by atoms with Crippen LogP contribution in [0.1, 0.15) is 19.4 Å².